The zero-order valence-corrected chi connectivity index (χ0v) is 12.8. The molecule has 0 N–H and O–H groups in total. The lowest BCUT2D eigenvalue weighted by atomic mass is 10.2. The molecule has 0 saturated carbocycles. The first-order valence-electron chi connectivity index (χ1n) is 7.50. The van der Waals surface area contributed by atoms with Crippen LogP contribution in [0.3, 0.4) is 0 Å². The number of nitrogens with zero attached hydrogens (tertiary/aromatic N) is 6. The van der Waals surface area contributed by atoms with E-state index in [2.05, 4.69) is 20.4 Å². The SMILES string of the molecule is C(=N/n1cnnc1-c1ccccc1)/c1cnn(-c2ccccc2)c1. The summed E-state index contributed by atoms with van der Waals surface area (Å²) in [5, 5.41) is 16.9. The fraction of sp³-hybridized carbons (Fsp3) is 0. The van der Waals surface area contributed by atoms with Crippen molar-refractivity contribution < 1.29 is 0 Å². The summed E-state index contributed by atoms with van der Waals surface area (Å²) in [6.45, 7) is 0. The van der Waals surface area contributed by atoms with Crippen LogP contribution in [0.15, 0.2) is 84.5 Å². The van der Waals surface area contributed by atoms with Crippen molar-refractivity contribution in [3.8, 4) is 17.1 Å². The molecule has 0 radical (unpaired) electrons. The second-order valence-corrected chi connectivity index (χ2v) is 5.16. The van der Waals surface area contributed by atoms with E-state index in [-0.39, 0.29) is 0 Å². The Bertz CT molecular complexity index is 953. The number of rotatable bonds is 4. The highest BCUT2D eigenvalue weighted by Gasteiger charge is 2.05. The summed E-state index contributed by atoms with van der Waals surface area (Å²) in [6, 6.07) is 19.8. The number of hydrogen-bond acceptors (Lipinski definition) is 4. The maximum Gasteiger partial charge on any atom is 0.184 e. The molecule has 2 aromatic heterocycles. The van der Waals surface area contributed by atoms with Crippen LogP contribution in [0.1, 0.15) is 5.56 Å². The predicted octanol–water partition coefficient (Wildman–Crippen LogP) is 3.01. The molecule has 6 nitrogen and oxygen atoms in total. The van der Waals surface area contributed by atoms with Crippen LogP contribution in [-0.4, -0.2) is 30.9 Å². The summed E-state index contributed by atoms with van der Waals surface area (Å²) >= 11 is 0. The van der Waals surface area contributed by atoms with Crippen molar-refractivity contribution in [3.05, 3.63) is 84.9 Å². The molecule has 2 heterocycles. The fourth-order valence-electron chi connectivity index (χ4n) is 2.35. The topological polar surface area (TPSA) is 60.9 Å². The van der Waals surface area contributed by atoms with Crippen LogP contribution in [-0.2, 0) is 0 Å². The molecule has 0 aliphatic rings. The molecule has 0 aliphatic carbocycles. The monoisotopic (exact) mass is 314 g/mol. The first-order chi connectivity index (χ1) is 11.9. The van der Waals surface area contributed by atoms with Crippen LogP contribution in [0.2, 0.25) is 0 Å². The number of aromatic nitrogens is 5. The normalized spacial score (nSPS) is 11.2. The van der Waals surface area contributed by atoms with E-state index in [0.29, 0.717) is 5.82 Å². The third-order valence-corrected chi connectivity index (χ3v) is 3.52. The van der Waals surface area contributed by atoms with Gasteiger partial charge in [-0.3, -0.25) is 0 Å². The van der Waals surface area contributed by atoms with E-state index in [1.54, 1.807) is 23.4 Å². The molecule has 0 aliphatic heterocycles. The average Bonchev–Trinajstić information content (AvgIpc) is 3.31. The Kier molecular flexibility index (Phi) is 3.69. The molecule has 2 aromatic carbocycles. The van der Waals surface area contributed by atoms with Gasteiger partial charge in [-0.1, -0.05) is 48.5 Å². The standard InChI is InChI=1S/C18H14N6/c1-3-7-16(8-4-1)18-22-19-14-24(18)21-12-15-11-20-23(13-15)17-9-5-2-6-10-17/h1-14H/b21-12-. The van der Waals surface area contributed by atoms with Crippen molar-refractivity contribution in [1.29, 1.82) is 0 Å². The van der Waals surface area contributed by atoms with Crippen LogP contribution in [0.4, 0.5) is 0 Å². The molecule has 0 atom stereocenters. The second kappa shape index (κ2) is 6.29. The average molecular weight is 314 g/mol. The van der Waals surface area contributed by atoms with E-state index < -0.39 is 0 Å². The molecule has 0 spiro atoms. The number of hydrogen-bond donors (Lipinski definition) is 0. The van der Waals surface area contributed by atoms with Gasteiger partial charge >= 0.3 is 0 Å². The van der Waals surface area contributed by atoms with Gasteiger partial charge < -0.3 is 0 Å². The summed E-state index contributed by atoms with van der Waals surface area (Å²) in [7, 11) is 0. The lowest BCUT2D eigenvalue weighted by Crippen LogP contribution is -1.94. The molecule has 6 heteroatoms. The molecule has 24 heavy (non-hydrogen) atoms. The van der Waals surface area contributed by atoms with Crippen molar-refractivity contribution in [1.82, 2.24) is 24.7 Å². The van der Waals surface area contributed by atoms with Gasteiger partial charge in [0.1, 0.15) is 6.33 Å². The molecule has 116 valence electrons. The molecule has 4 aromatic rings. The third kappa shape index (κ3) is 2.85. The third-order valence-electron chi connectivity index (χ3n) is 3.52. The Morgan fingerprint density at radius 2 is 1.67 bits per heavy atom. The Labute approximate surface area is 138 Å². The summed E-state index contributed by atoms with van der Waals surface area (Å²) in [4.78, 5) is 0. The van der Waals surface area contributed by atoms with E-state index in [1.807, 2.05) is 71.5 Å². The highest BCUT2D eigenvalue weighted by Crippen LogP contribution is 2.15. The predicted molar refractivity (Wildman–Crippen MR) is 92.0 cm³/mol. The minimum absolute atomic E-state index is 0.697. The van der Waals surface area contributed by atoms with E-state index in [0.717, 1.165) is 16.8 Å². The molecular formula is C18H14N6. The zero-order chi connectivity index (χ0) is 16.2. The molecule has 0 fully saturated rings. The van der Waals surface area contributed by atoms with E-state index in [4.69, 9.17) is 0 Å². The van der Waals surface area contributed by atoms with Crippen molar-refractivity contribution in [2.24, 2.45) is 5.10 Å². The first-order valence-corrected chi connectivity index (χ1v) is 7.50. The Morgan fingerprint density at radius 1 is 0.917 bits per heavy atom. The van der Waals surface area contributed by atoms with Crippen molar-refractivity contribution in [3.63, 3.8) is 0 Å². The van der Waals surface area contributed by atoms with Gasteiger partial charge in [-0.15, -0.1) is 10.2 Å². The summed E-state index contributed by atoms with van der Waals surface area (Å²) in [6.07, 6.45) is 7.01. The van der Waals surface area contributed by atoms with Crippen LogP contribution in [0, 0.1) is 0 Å². The second-order valence-electron chi connectivity index (χ2n) is 5.16. The van der Waals surface area contributed by atoms with Crippen LogP contribution >= 0.6 is 0 Å². The Balaban J connectivity index is 1.59. The van der Waals surface area contributed by atoms with Gasteiger partial charge in [0, 0.05) is 17.3 Å². The van der Waals surface area contributed by atoms with Gasteiger partial charge in [-0.05, 0) is 12.1 Å². The van der Waals surface area contributed by atoms with Crippen LogP contribution < -0.4 is 0 Å². The smallest absolute Gasteiger partial charge is 0.184 e. The van der Waals surface area contributed by atoms with E-state index >= 15 is 0 Å². The van der Waals surface area contributed by atoms with Crippen LogP contribution in [0.25, 0.3) is 17.1 Å². The van der Waals surface area contributed by atoms with Gasteiger partial charge in [0.15, 0.2) is 5.82 Å². The van der Waals surface area contributed by atoms with Gasteiger partial charge in [0.2, 0.25) is 0 Å². The summed E-state index contributed by atoms with van der Waals surface area (Å²) in [5.74, 6) is 0.697. The summed E-state index contributed by atoms with van der Waals surface area (Å²) in [5.41, 5.74) is 2.87. The highest BCUT2D eigenvalue weighted by molar-refractivity contribution is 5.79. The fourth-order valence-corrected chi connectivity index (χ4v) is 2.35. The molecule has 0 amide bonds. The van der Waals surface area contributed by atoms with E-state index in [1.165, 1.54) is 0 Å². The highest BCUT2D eigenvalue weighted by atomic mass is 15.4. The van der Waals surface area contributed by atoms with Gasteiger partial charge in [0.25, 0.3) is 0 Å². The minimum atomic E-state index is 0.697. The quantitative estimate of drug-likeness (QED) is 0.544. The summed E-state index contributed by atoms with van der Waals surface area (Å²) < 4.78 is 3.46. The molecule has 4 rings (SSSR count). The van der Waals surface area contributed by atoms with E-state index in [9.17, 15) is 0 Å². The zero-order valence-electron chi connectivity index (χ0n) is 12.8. The van der Waals surface area contributed by atoms with Gasteiger partial charge in [-0.2, -0.15) is 14.9 Å². The minimum Gasteiger partial charge on any atom is -0.240 e. The molecule has 0 saturated heterocycles. The first kappa shape index (κ1) is 14.1. The maximum atomic E-state index is 4.43. The number of para-hydroxylation sites is 1. The van der Waals surface area contributed by atoms with Crippen molar-refractivity contribution in [2.75, 3.05) is 0 Å². The molecule has 0 bridgehead atoms. The Morgan fingerprint density at radius 3 is 2.46 bits per heavy atom. The number of benzene rings is 2. The molecule has 0 unspecified atom stereocenters. The van der Waals surface area contributed by atoms with Crippen molar-refractivity contribution >= 4 is 6.21 Å². The molecular weight excluding hydrogens is 300 g/mol. The maximum absolute atomic E-state index is 4.43. The largest absolute Gasteiger partial charge is 0.240 e. The lowest BCUT2D eigenvalue weighted by Gasteiger charge is -1.99. The van der Waals surface area contributed by atoms with Gasteiger partial charge in [0.05, 0.1) is 18.1 Å². The van der Waals surface area contributed by atoms with Gasteiger partial charge in [-0.25, -0.2) is 4.68 Å². The van der Waals surface area contributed by atoms with Crippen molar-refractivity contribution in [2.45, 2.75) is 0 Å². The lowest BCUT2D eigenvalue weighted by molar-refractivity contribution is 0.880. The Hall–Kier alpha value is -3.54. The van der Waals surface area contributed by atoms with Crippen LogP contribution in [0.5, 0.6) is 0 Å².